The fourth-order valence-electron chi connectivity index (χ4n) is 1.91. The first-order valence-corrected chi connectivity index (χ1v) is 8.14. The third kappa shape index (κ3) is 3.35. The smallest absolute Gasteiger partial charge is 0.263 e. The third-order valence-electron chi connectivity index (χ3n) is 2.99. The molecular formula is C15H13ClN2O2S. The lowest BCUT2D eigenvalue weighted by Crippen LogP contribution is -2.14. The molecule has 0 atom stereocenters. The van der Waals surface area contributed by atoms with Gasteiger partial charge in [-0.05, 0) is 36.2 Å². The number of nitrogens with one attached hydrogen (secondary N) is 1. The molecule has 6 heteroatoms. The number of nitriles is 1. The van der Waals surface area contributed by atoms with Crippen LogP contribution in [0.15, 0.2) is 47.4 Å². The van der Waals surface area contributed by atoms with Crippen molar-refractivity contribution in [3.05, 3.63) is 58.6 Å². The van der Waals surface area contributed by atoms with Crippen LogP contribution in [0.25, 0.3) is 0 Å². The molecule has 0 unspecified atom stereocenters. The second-order valence-corrected chi connectivity index (χ2v) is 6.43. The molecule has 0 heterocycles. The van der Waals surface area contributed by atoms with Gasteiger partial charge in [0.15, 0.2) is 0 Å². The molecule has 0 saturated heterocycles. The molecule has 4 nitrogen and oxygen atoms in total. The highest BCUT2D eigenvalue weighted by Gasteiger charge is 2.19. The lowest BCUT2D eigenvalue weighted by atomic mass is 10.1. The minimum Gasteiger partial charge on any atom is -0.279 e. The standard InChI is InChI=1S/C15H13ClN2O2S/c1-2-12-5-3-4-6-14(12)18-21(19,20)15-9-11(10-17)7-8-13(15)16/h3-9,18H,2H2,1H3. The Hall–Kier alpha value is -2.03. The lowest BCUT2D eigenvalue weighted by molar-refractivity contribution is 0.601. The first kappa shape index (κ1) is 15.4. The van der Waals surface area contributed by atoms with Gasteiger partial charge < -0.3 is 0 Å². The average Bonchev–Trinajstić information content (AvgIpc) is 2.47. The van der Waals surface area contributed by atoms with E-state index in [1.54, 1.807) is 12.1 Å². The van der Waals surface area contributed by atoms with Crippen LogP contribution in [0, 0.1) is 11.3 Å². The highest BCUT2D eigenvalue weighted by molar-refractivity contribution is 7.92. The average molecular weight is 321 g/mol. The highest BCUT2D eigenvalue weighted by Crippen LogP contribution is 2.26. The zero-order valence-electron chi connectivity index (χ0n) is 11.3. The number of benzene rings is 2. The summed E-state index contributed by atoms with van der Waals surface area (Å²) < 4.78 is 27.4. The molecule has 2 aromatic rings. The monoisotopic (exact) mass is 320 g/mol. The zero-order valence-corrected chi connectivity index (χ0v) is 12.9. The Kier molecular flexibility index (Phi) is 4.51. The molecule has 2 aromatic carbocycles. The van der Waals surface area contributed by atoms with Gasteiger partial charge >= 0.3 is 0 Å². The number of sulfonamides is 1. The number of hydrogen-bond donors (Lipinski definition) is 1. The number of anilines is 1. The summed E-state index contributed by atoms with van der Waals surface area (Å²) in [5.74, 6) is 0. The zero-order chi connectivity index (χ0) is 15.5. The van der Waals surface area contributed by atoms with Gasteiger partial charge in [0.05, 0.1) is 22.3 Å². The first-order chi connectivity index (χ1) is 9.97. The van der Waals surface area contributed by atoms with Gasteiger partial charge in [-0.1, -0.05) is 36.7 Å². The van der Waals surface area contributed by atoms with Crippen LogP contribution in [0.4, 0.5) is 5.69 Å². The summed E-state index contributed by atoms with van der Waals surface area (Å²) in [6.07, 6.45) is 0.699. The van der Waals surface area contributed by atoms with Gasteiger partial charge in [-0.3, -0.25) is 4.72 Å². The van der Waals surface area contributed by atoms with Crippen LogP contribution in [-0.4, -0.2) is 8.42 Å². The van der Waals surface area contributed by atoms with Crippen LogP contribution < -0.4 is 4.72 Å². The molecule has 0 amide bonds. The topological polar surface area (TPSA) is 70.0 Å². The molecular weight excluding hydrogens is 308 g/mol. The number of hydrogen-bond acceptors (Lipinski definition) is 3. The number of halogens is 1. The van der Waals surface area contributed by atoms with Crippen molar-refractivity contribution < 1.29 is 8.42 Å². The molecule has 0 aliphatic rings. The fourth-order valence-corrected chi connectivity index (χ4v) is 3.53. The maximum atomic E-state index is 12.5. The van der Waals surface area contributed by atoms with Gasteiger partial charge in [0.1, 0.15) is 4.90 Å². The van der Waals surface area contributed by atoms with Crippen molar-refractivity contribution in [2.75, 3.05) is 4.72 Å². The van der Waals surface area contributed by atoms with E-state index in [1.807, 2.05) is 25.1 Å². The number of rotatable bonds is 4. The third-order valence-corrected chi connectivity index (χ3v) is 4.84. The van der Waals surface area contributed by atoms with E-state index in [4.69, 9.17) is 16.9 Å². The minimum absolute atomic E-state index is 0.0791. The maximum absolute atomic E-state index is 12.5. The molecule has 1 N–H and O–H groups in total. The van der Waals surface area contributed by atoms with Gasteiger partial charge in [-0.25, -0.2) is 8.42 Å². The van der Waals surface area contributed by atoms with Gasteiger partial charge in [0.25, 0.3) is 10.0 Å². The summed E-state index contributed by atoms with van der Waals surface area (Å²) >= 11 is 5.95. The summed E-state index contributed by atoms with van der Waals surface area (Å²) in [5, 5.41) is 8.96. The number of aryl methyl sites for hydroxylation is 1. The molecule has 0 saturated carbocycles. The molecule has 0 aliphatic carbocycles. The van der Waals surface area contributed by atoms with Crippen molar-refractivity contribution in [2.45, 2.75) is 18.2 Å². The van der Waals surface area contributed by atoms with Crippen LogP contribution in [0.1, 0.15) is 18.1 Å². The maximum Gasteiger partial charge on any atom is 0.263 e. The van der Waals surface area contributed by atoms with Crippen LogP contribution in [-0.2, 0) is 16.4 Å². The summed E-state index contributed by atoms with van der Waals surface area (Å²) in [7, 11) is -3.84. The van der Waals surface area contributed by atoms with Crippen LogP contribution >= 0.6 is 11.6 Å². The lowest BCUT2D eigenvalue weighted by Gasteiger charge is -2.12. The first-order valence-electron chi connectivity index (χ1n) is 6.28. The van der Waals surface area contributed by atoms with E-state index >= 15 is 0 Å². The summed E-state index contributed by atoms with van der Waals surface area (Å²) in [4.78, 5) is -0.103. The van der Waals surface area contributed by atoms with Gasteiger partial charge in [0, 0.05) is 0 Å². The van der Waals surface area contributed by atoms with Crippen LogP contribution in [0.2, 0.25) is 5.02 Å². The Bertz CT molecular complexity index is 811. The fraction of sp³-hybridized carbons (Fsp3) is 0.133. The Balaban J connectivity index is 2.46. The second-order valence-electron chi connectivity index (χ2n) is 4.37. The summed E-state index contributed by atoms with van der Waals surface area (Å²) in [6.45, 7) is 1.94. The van der Waals surface area contributed by atoms with Gasteiger partial charge in [-0.15, -0.1) is 0 Å². The molecule has 21 heavy (non-hydrogen) atoms. The van der Waals surface area contributed by atoms with Gasteiger partial charge in [-0.2, -0.15) is 5.26 Å². The molecule has 0 fully saturated rings. The van der Waals surface area contributed by atoms with E-state index < -0.39 is 10.0 Å². The SMILES string of the molecule is CCc1ccccc1NS(=O)(=O)c1cc(C#N)ccc1Cl. The second kappa shape index (κ2) is 6.17. The van der Waals surface area contributed by atoms with Crippen molar-refractivity contribution in [3.8, 4) is 6.07 Å². The van der Waals surface area contributed by atoms with Crippen molar-refractivity contribution in [1.29, 1.82) is 5.26 Å². The molecule has 0 radical (unpaired) electrons. The number of nitrogens with zero attached hydrogens (tertiary/aromatic N) is 1. The van der Waals surface area contributed by atoms with Crippen molar-refractivity contribution >= 4 is 27.3 Å². The predicted molar refractivity (Wildman–Crippen MR) is 82.8 cm³/mol. The largest absolute Gasteiger partial charge is 0.279 e. The summed E-state index contributed by atoms with van der Waals surface area (Å²) in [5.41, 5.74) is 1.63. The normalized spacial score (nSPS) is 10.9. The molecule has 0 aliphatic heterocycles. The minimum atomic E-state index is -3.84. The molecule has 0 spiro atoms. The van der Waals surface area contributed by atoms with Gasteiger partial charge in [0.2, 0.25) is 0 Å². The van der Waals surface area contributed by atoms with Crippen molar-refractivity contribution in [1.82, 2.24) is 0 Å². The predicted octanol–water partition coefficient (Wildman–Crippen LogP) is 3.57. The van der Waals surface area contributed by atoms with E-state index in [0.29, 0.717) is 12.1 Å². The van der Waals surface area contributed by atoms with E-state index in [-0.39, 0.29) is 15.5 Å². The Morgan fingerprint density at radius 2 is 1.95 bits per heavy atom. The van der Waals surface area contributed by atoms with Crippen LogP contribution in [0.3, 0.4) is 0 Å². The Labute approximate surface area is 129 Å². The van der Waals surface area contributed by atoms with Crippen LogP contribution in [0.5, 0.6) is 0 Å². The summed E-state index contributed by atoms with van der Waals surface area (Å²) in [6, 6.07) is 13.2. The number of para-hydroxylation sites is 1. The Morgan fingerprint density at radius 1 is 1.24 bits per heavy atom. The molecule has 0 bridgehead atoms. The van der Waals surface area contributed by atoms with E-state index in [2.05, 4.69) is 4.72 Å². The van der Waals surface area contributed by atoms with E-state index in [9.17, 15) is 8.42 Å². The van der Waals surface area contributed by atoms with E-state index in [1.165, 1.54) is 18.2 Å². The molecule has 2 rings (SSSR count). The Morgan fingerprint density at radius 3 is 2.62 bits per heavy atom. The quantitative estimate of drug-likeness (QED) is 0.936. The van der Waals surface area contributed by atoms with Crippen molar-refractivity contribution in [3.63, 3.8) is 0 Å². The highest BCUT2D eigenvalue weighted by atomic mass is 35.5. The molecule has 108 valence electrons. The van der Waals surface area contributed by atoms with Crippen molar-refractivity contribution in [2.24, 2.45) is 0 Å². The van der Waals surface area contributed by atoms with E-state index in [0.717, 1.165) is 5.56 Å². The molecule has 0 aromatic heterocycles.